The molecule has 0 aliphatic carbocycles. The zero-order valence-electron chi connectivity index (χ0n) is 11.4. The number of carbonyl (C=O) groups is 1. The van der Waals surface area contributed by atoms with Crippen molar-refractivity contribution in [2.45, 2.75) is 0 Å². The number of hydrogen-bond donors (Lipinski definition) is 1. The second-order valence-electron chi connectivity index (χ2n) is 4.64. The van der Waals surface area contributed by atoms with Gasteiger partial charge in [-0.1, -0.05) is 34.2 Å². The van der Waals surface area contributed by atoms with Gasteiger partial charge in [0.25, 0.3) is 5.91 Å². The van der Waals surface area contributed by atoms with Crippen molar-refractivity contribution in [3.8, 4) is 10.6 Å². The third-order valence-corrected chi connectivity index (χ3v) is 5.13. The Morgan fingerprint density at radius 1 is 1.26 bits per heavy atom. The summed E-state index contributed by atoms with van der Waals surface area (Å²) in [4.78, 5) is 17.5. The van der Waals surface area contributed by atoms with Crippen LogP contribution in [0.15, 0.2) is 46.3 Å². The van der Waals surface area contributed by atoms with Gasteiger partial charge in [-0.25, -0.2) is 4.98 Å². The van der Waals surface area contributed by atoms with Crippen molar-refractivity contribution in [2.75, 3.05) is 5.32 Å². The molecule has 4 rings (SSSR count). The summed E-state index contributed by atoms with van der Waals surface area (Å²) in [5, 5.41) is 9.61. The molecule has 5 nitrogen and oxygen atoms in total. The fourth-order valence-electron chi connectivity index (χ4n) is 2.03. The monoisotopic (exact) mass is 361 g/mol. The first-order valence-electron chi connectivity index (χ1n) is 6.57. The van der Waals surface area contributed by atoms with Crippen LogP contribution < -0.4 is 5.32 Å². The molecule has 0 fully saturated rings. The van der Waals surface area contributed by atoms with Crippen LogP contribution in [0.4, 0.5) is 5.13 Å². The summed E-state index contributed by atoms with van der Waals surface area (Å²) in [5.74, 6) is 0.211. The summed E-state index contributed by atoms with van der Waals surface area (Å²) >= 11 is 8.83. The quantitative estimate of drug-likeness (QED) is 0.562. The minimum absolute atomic E-state index is 0.214. The first-order valence-corrected chi connectivity index (χ1v) is 8.64. The molecule has 0 atom stereocenters. The number of hydrogen-bond acceptors (Lipinski definition) is 6. The molecule has 0 saturated heterocycles. The predicted molar refractivity (Wildman–Crippen MR) is 92.4 cm³/mol. The van der Waals surface area contributed by atoms with Crippen molar-refractivity contribution >= 4 is 55.5 Å². The molecule has 1 amide bonds. The molecule has 0 bridgehead atoms. The van der Waals surface area contributed by atoms with Crippen LogP contribution in [0.5, 0.6) is 0 Å². The van der Waals surface area contributed by atoms with Crippen LogP contribution in [-0.2, 0) is 0 Å². The Bertz CT molecular complexity index is 991. The summed E-state index contributed by atoms with van der Waals surface area (Å²) in [6.45, 7) is 0. The van der Waals surface area contributed by atoms with Crippen LogP contribution in [-0.4, -0.2) is 16.0 Å². The number of rotatable bonds is 3. The molecule has 1 aromatic carbocycles. The van der Waals surface area contributed by atoms with E-state index in [1.165, 1.54) is 22.7 Å². The van der Waals surface area contributed by atoms with E-state index in [0.717, 1.165) is 15.1 Å². The number of amides is 1. The molecule has 0 saturated carbocycles. The fraction of sp³-hybridized carbons (Fsp3) is 0. The zero-order valence-corrected chi connectivity index (χ0v) is 13.8. The molecular formula is C15H8ClN3O2S2. The second-order valence-corrected chi connectivity index (χ2v) is 7.05. The number of nitrogens with zero attached hydrogens (tertiary/aromatic N) is 2. The smallest absolute Gasteiger partial charge is 0.279 e. The van der Waals surface area contributed by atoms with Crippen LogP contribution in [0.1, 0.15) is 10.5 Å². The molecule has 0 unspecified atom stereocenters. The normalized spacial score (nSPS) is 11.0. The van der Waals surface area contributed by atoms with E-state index in [2.05, 4.69) is 15.5 Å². The van der Waals surface area contributed by atoms with Crippen molar-refractivity contribution in [1.29, 1.82) is 0 Å². The van der Waals surface area contributed by atoms with Crippen molar-refractivity contribution in [3.05, 3.63) is 52.5 Å². The maximum Gasteiger partial charge on any atom is 0.279 e. The third kappa shape index (κ3) is 2.86. The molecule has 3 aromatic heterocycles. The number of benzene rings is 1. The fourth-order valence-corrected chi connectivity index (χ4v) is 3.84. The minimum Gasteiger partial charge on any atom is -0.355 e. The number of halogens is 1. The molecule has 0 aliphatic rings. The van der Waals surface area contributed by atoms with Gasteiger partial charge in [-0.15, -0.1) is 11.3 Å². The molecular weight excluding hydrogens is 354 g/mol. The molecule has 3 heterocycles. The highest BCUT2D eigenvalue weighted by Crippen LogP contribution is 2.29. The van der Waals surface area contributed by atoms with Gasteiger partial charge in [-0.3, -0.25) is 10.1 Å². The molecule has 23 heavy (non-hydrogen) atoms. The Hall–Kier alpha value is -2.22. The van der Waals surface area contributed by atoms with Gasteiger partial charge in [-0.2, -0.15) is 0 Å². The Kier molecular flexibility index (Phi) is 3.60. The molecule has 0 radical (unpaired) electrons. The van der Waals surface area contributed by atoms with E-state index in [9.17, 15) is 4.79 Å². The summed E-state index contributed by atoms with van der Waals surface area (Å²) in [7, 11) is 0. The van der Waals surface area contributed by atoms with Crippen LogP contribution in [0.2, 0.25) is 5.02 Å². The highest BCUT2D eigenvalue weighted by atomic mass is 35.5. The van der Waals surface area contributed by atoms with Gasteiger partial charge in [0.05, 0.1) is 15.1 Å². The number of thiophene rings is 1. The van der Waals surface area contributed by atoms with Gasteiger partial charge in [0.1, 0.15) is 0 Å². The lowest BCUT2D eigenvalue weighted by Crippen LogP contribution is -2.11. The van der Waals surface area contributed by atoms with Gasteiger partial charge in [0.2, 0.25) is 0 Å². The van der Waals surface area contributed by atoms with Crippen LogP contribution >= 0.6 is 34.3 Å². The summed E-state index contributed by atoms with van der Waals surface area (Å²) < 4.78 is 6.12. The summed E-state index contributed by atoms with van der Waals surface area (Å²) in [6.07, 6.45) is 0. The van der Waals surface area contributed by atoms with Crippen molar-refractivity contribution in [2.24, 2.45) is 0 Å². The minimum atomic E-state index is -0.360. The average molecular weight is 362 g/mol. The van der Waals surface area contributed by atoms with Crippen molar-refractivity contribution in [1.82, 2.24) is 10.1 Å². The van der Waals surface area contributed by atoms with Crippen molar-refractivity contribution in [3.63, 3.8) is 0 Å². The predicted octanol–water partition coefficient (Wildman–Crippen LogP) is 4.92. The van der Waals surface area contributed by atoms with E-state index < -0.39 is 0 Å². The molecule has 4 aromatic rings. The van der Waals surface area contributed by atoms with E-state index >= 15 is 0 Å². The zero-order chi connectivity index (χ0) is 15.8. The lowest BCUT2D eigenvalue weighted by Gasteiger charge is -1.95. The largest absolute Gasteiger partial charge is 0.355 e. The van der Waals surface area contributed by atoms with Gasteiger partial charge in [0.15, 0.2) is 16.6 Å². The van der Waals surface area contributed by atoms with Gasteiger partial charge >= 0.3 is 0 Å². The highest BCUT2D eigenvalue weighted by molar-refractivity contribution is 7.22. The highest BCUT2D eigenvalue weighted by Gasteiger charge is 2.16. The Morgan fingerprint density at radius 2 is 2.17 bits per heavy atom. The van der Waals surface area contributed by atoms with Crippen molar-refractivity contribution < 1.29 is 9.32 Å². The second kappa shape index (κ2) is 5.77. The van der Waals surface area contributed by atoms with E-state index in [1.54, 1.807) is 12.1 Å². The van der Waals surface area contributed by atoms with Crippen LogP contribution in [0, 0.1) is 0 Å². The summed E-state index contributed by atoms with van der Waals surface area (Å²) in [5.41, 5.74) is 1.000. The number of anilines is 1. The SMILES string of the molecule is O=C(Nc1nc2ccc(Cl)cc2s1)c1cc(-c2cccs2)on1. The number of nitrogens with one attached hydrogen (secondary N) is 1. The number of thiazole rings is 1. The maximum atomic E-state index is 12.3. The van der Waals surface area contributed by atoms with Gasteiger partial charge in [0, 0.05) is 11.1 Å². The van der Waals surface area contributed by atoms with E-state index in [1.807, 2.05) is 29.6 Å². The third-order valence-electron chi connectivity index (χ3n) is 3.08. The van der Waals surface area contributed by atoms with Gasteiger partial charge in [-0.05, 0) is 29.6 Å². The molecule has 0 aliphatic heterocycles. The number of fused-ring (bicyclic) bond motifs is 1. The average Bonchev–Trinajstić information content (AvgIpc) is 3.26. The Morgan fingerprint density at radius 3 is 3.00 bits per heavy atom. The van der Waals surface area contributed by atoms with E-state index in [4.69, 9.17) is 16.1 Å². The number of carbonyl (C=O) groups excluding carboxylic acids is 1. The molecule has 8 heteroatoms. The Balaban J connectivity index is 1.57. The summed E-state index contributed by atoms with van der Waals surface area (Å²) in [6, 6.07) is 10.8. The van der Waals surface area contributed by atoms with Crippen LogP contribution in [0.25, 0.3) is 20.9 Å². The molecule has 0 spiro atoms. The molecule has 114 valence electrons. The maximum absolute atomic E-state index is 12.3. The topological polar surface area (TPSA) is 68.0 Å². The molecule has 1 N–H and O–H groups in total. The standard InChI is InChI=1S/C15H8ClN3O2S2/c16-8-3-4-9-13(6-8)23-15(17-9)18-14(20)10-7-11(21-19-10)12-2-1-5-22-12/h1-7H,(H,17,18,20). The first kappa shape index (κ1) is 14.4. The lowest BCUT2D eigenvalue weighted by molar-refractivity contribution is 0.101. The van der Waals surface area contributed by atoms with Gasteiger partial charge < -0.3 is 4.52 Å². The van der Waals surface area contributed by atoms with E-state index in [-0.39, 0.29) is 11.6 Å². The van der Waals surface area contributed by atoms with Crippen LogP contribution in [0.3, 0.4) is 0 Å². The Labute approximate surface area is 143 Å². The number of aromatic nitrogens is 2. The lowest BCUT2D eigenvalue weighted by atomic mass is 10.3. The first-order chi connectivity index (χ1) is 11.2. The van der Waals surface area contributed by atoms with E-state index in [0.29, 0.717) is 15.9 Å².